The third-order valence-electron chi connectivity index (χ3n) is 5.06. The number of nitrogens with zero attached hydrogens (tertiary/aromatic N) is 6. The van der Waals surface area contributed by atoms with Crippen LogP contribution in [0.15, 0.2) is 30.7 Å². The maximum absolute atomic E-state index is 13.1. The van der Waals surface area contributed by atoms with Crippen molar-refractivity contribution in [3.8, 4) is 11.4 Å². The van der Waals surface area contributed by atoms with Crippen LogP contribution in [0.25, 0.3) is 17.0 Å². The van der Waals surface area contributed by atoms with Gasteiger partial charge in [-0.15, -0.1) is 0 Å². The van der Waals surface area contributed by atoms with Gasteiger partial charge in [-0.25, -0.2) is 41.4 Å². The molecule has 2 unspecified atom stereocenters. The summed E-state index contributed by atoms with van der Waals surface area (Å²) >= 11 is 0. The van der Waals surface area contributed by atoms with E-state index in [2.05, 4.69) is 35.0 Å². The number of anilines is 1. The number of fused-ring (bicyclic) bond motifs is 1. The number of alkyl halides is 2. The van der Waals surface area contributed by atoms with E-state index in [-0.39, 0.29) is 24.3 Å². The van der Waals surface area contributed by atoms with Crippen LogP contribution in [0.1, 0.15) is 19.0 Å². The molecule has 3 aromatic rings. The highest BCUT2D eigenvalue weighted by atomic mass is 32.2. The zero-order valence-electron chi connectivity index (χ0n) is 16.9. The quantitative estimate of drug-likeness (QED) is 0.565. The number of rotatable bonds is 6. The van der Waals surface area contributed by atoms with Crippen LogP contribution in [0.2, 0.25) is 0 Å². The number of hydrogen-bond acceptors (Lipinski definition) is 8. The minimum atomic E-state index is -3.29. The molecule has 4 heterocycles. The minimum Gasteiger partial charge on any atom is -0.351 e. The molecule has 2 N–H and O–H groups in total. The third kappa shape index (κ3) is 4.78. The zero-order chi connectivity index (χ0) is 22.2. The van der Waals surface area contributed by atoms with Gasteiger partial charge >= 0.3 is 0 Å². The Bertz CT molecular complexity index is 1190. The van der Waals surface area contributed by atoms with Gasteiger partial charge in [0.1, 0.15) is 23.5 Å². The van der Waals surface area contributed by atoms with Crippen LogP contribution in [0, 0.1) is 0 Å². The number of hydrogen-bond donors (Lipinski definition) is 2. The summed E-state index contributed by atoms with van der Waals surface area (Å²) in [5.74, 6) is 0.642. The highest BCUT2D eigenvalue weighted by molar-refractivity contribution is 7.88. The fraction of sp³-hybridized carbons (Fsp3) is 0.444. The zero-order valence-corrected chi connectivity index (χ0v) is 17.7. The summed E-state index contributed by atoms with van der Waals surface area (Å²) in [6, 6.07) is 4.48. The van der Waals surface area contributed by atoms with E-state index < -0.39 is 16.4 Å². The van der Waals surface area contributed by atoms with Crippen molar-refractivity contribution in [1.82, 2.24) is 34.6 Å². The first kappa shape index (κ1) is 21.5. The Morgan fingerprint density at radius 1 is 1.29 bits per heavy atom. The average molecular weight is 452 g/mol. The van der Waals surface area contributed by atoms with E-state index in [9.17, 15) is 17.2 Å². The van der Waals surface area contributed by atoms with Gasteiger partial charge in [-0.05, 0) is 19.1 Å². The van der Waals surface area contributed by atoms with Crippen molar-refractivity contribution in [3.05, 3.63) is 36.4 Å². The molecule has 1 saturated heterocycles. The number of imidazole rings is 1. The predicted molar refractivity (Wildman–Crippen MR) is 110 cm³/mol. The van der Waals surface area contributed by atoms with Gasteiger partial charge in [0.25, 0.3) is 6.43 Å². The molecule has 0 radical (unpaired) electrons. The summed E-state index contributed by atoms with van der Waals surface area (Å²) in [7, 11) is -3.29. The second-order valence-electron chi connectivity index (χ2n) is 7.46. The standard InChI is InChI=1S/C18H22F2N8O2S/c1-11-6-21-12(7-25-31(2,29)30)9-27(11)17-5-14(23-10-24-17)15-8-22-16-4-3-13(18(19)20)26-28(15)16/h3-5,8,10-12,18,21,25H,6-7,9H2,1-2H3. The molecule has 1 fully saturated rings. The molecule has 10 nitrogen and oxygen atoms in total. The van der Waals surface area contributed by atoms with Crippen molar-refractivity contribution >= 4 is 21.5 Å². The molecule has 3 aromatic heterocycles. The van der Waals surface area contributed by atoms with Gasteiger partial charge in [-0.1, -0.05) is 0 Å². The van der Waals surface area contributed by atoms with Crippen molar-refractivity contribution in [2.45, 2.75) is 25.4 Å². The lowest BCUT2D eigenvalue weighted by Gasteiger charge is -2.39. The molecular formula is C18H22F2N8O2S. The van der Waals surface area contributed by atoms with Crippen molar-refractivity contribution < 1.29 is 17.2 Å². The smallest absolute Gasteiger partial charge is 0.282 e. The summed E-state index contributed by atoms with van der Waals surface area (Å²) in [5, 5.41) is 7.30. The van der Waals surface area contributed by atoms with E-state index in [0.29, 0.717) is 35.9 Å². The first-order chi connectivity index (χ1) is 14.7. The molecule has 2 atom stereocenters. The SMILES string of the molecule is CC1CNC(CNS(C)(=O)=O)CN1c1cc(-c2cnc3ccc(C(F)F)nn23)ncn1. The summed E-state index contributed by atoms with van der Waals surface area (Å²) in [5.41, 5.74) is 1.05. The van der Waals surface area contributed by atoms with E-state index >= 15 is 0 Å². The summed E-state index contributed by atoms with van der Waals surface area (Å²) < 4.78 is 52.8. The van der Waals surface area contributed by atoms with Gasteiger partial charge in [0.15, 0.2) is 5.65 Å². The summed E-state index contributed by atoms with van der Waals surface area (Å²) in [4.78, 5) is 14.9. The Morgan fingerprint density at radius 3 is 2.84 bits per heavy atom. The van der Waals surface area contributed by atoms with E-state index in [1.807, 2.05) is 6.92 Å². The molecule has 0 aliphatic carbocycles. The molecule has 31 heavy (non-hydrogen) atoms. The molecule has 0 amide bonds. The lowest BCUT2D eigenvalue weighted by Crippen LogP contribution is -2.59. The average Bonchev–Trinajstić information content (AvgIpc) is 3.16. The second-order valence-corrected chi connectivity index (χ2v) is 9.29. The monoisotopic (exact) mass is 452 g/mol. The third-order valence-corrected chi connectivity index (χ3v) is 5.75. The highest BCUT2D eigenvalue weighted by Gasteiger charge is 2.27. The molecular weight excluding hydrogens is 430 g/mol. The normalized spacial score (nSPS) is 20.0. The van der Waals surface area contributed by atoms with E-state index in [1.54, 1.807) is 6.07 Å². The maximum atomic E-state index is 13.1. The van der Waals surface area contributed by atoms with Crippen LogP contribution in [-0.2, 0) is 10.0 Å². The predicted octanol–water partition coefficient (Wildman–Crippen LogP) is 0.840. The van der Waals surface area contributed by atoms with Gasteiger partial charge < -0.3 is 10.2 Å². The van der Waals surface area contributed by atoms with Crippen LogP contribution in [0.3, 0.4) is 0 Å². The fourth-order valence-corrected chi connectivity index (χ4v) is 3.96. The number of halogens is 2. The first-order valence-corrected chi connectivity index (χ1v) is 11.5. The number of sulfonamides is 1. The van der Waals surface area contributed by atoms with Gasteiger partial charge in [-0.3, -0.25) is 0 Å². The maximum Gasteiger partial charge on any atom is 0.282 e. The van der Waals surface area contributed by atoms with Crippen molar-refractivity contribution in [1.29, 1.82) is 0 Å². The summed E-state index contributed by atoms with van der Waals surface area (Å²) in [6.07, 6.45) is 1.36. The Hall–Kier alpha value is -2.77. The summed E-state index contributed by atoms with van der Waals surface area (Å²) in [6.45, 7) is 3.46. The Labute approximate surface area is 177 Å². The van der Waals surface area contributed by atoms with Gasteiger partial charge in [0.05, 0.1) is 18.1 Å². The lowest BCUT2D eigenvalue weighted by molar-refractivity contribution is 0.144. The van der Waals surface area contributed by atoms with E-state index in [0.717, 1.165) is 6.26 Å². The van der Waals surface area contributed by atoms with Crippen molar-refractivity contribution in [2.24, 2.45) is 0 Å². The molecule has 0 bridgehead atoms. The van der Waals surface area contributed by atoms with Gasteiger partial charge in [0.2, 0.25) is 10.0 Å². The Kier molecular flexibility index (Phi) is 5.81. The van der Waals surface area contributed by atoms with E-state index in [4.69, 9.17) is 0 Å². The van der Waals surface area contributed by atoms with Crippen LogP contribution in [0.4, 0.5) is 14.6 Å². The van der Waals surface area contributed by atoms with Gasteiger partial charge in [0, 0.05) is 37.8 Å². The molecule has 0 spiro atoms. The van der Waals surface area contributed by atoms with Gasteiger partial charge in [-0.2, -0.15) is 5.10 Å². The first-order valence-electron chi connectivity index (χ1n) is 9.61. The molecule has 0 aromatic carbocycles. The topological polar surface area (TPSA) is 117 Å². The molecule has 13 heteroatoms. The van der Waals surface area contributed by atoms with Crippen LogP contribution >= 0.6 is 0 Å². The number of aromatic nitrogens is 5. The lowest BCUT2D eigenvalue weighted by atomic mass is 10.1. The van der Waals surface area contributed by atoms with Crippen LogP contribution in [0.5, 0.6) is 0 Å². The van der Waals surface area contributed by atoms with Crippen LogP contribution < -0.4 is 14.9 Å². The number of piperazine rings is 1. The minimum absolute atomic E-state index is 0.1000. The molecule has 166 valence electrons. The van der Waals surface area contributed by atoms with E-state index in [1.165, 1.54) is 29.2 Å². The fourth-order valence-electron chi connectivity index (χ4n) is 3.46. The Morgan fingerprint density at radius 2 is 2.10 bits per heavy atom. The van der Waals surface area contributed by atoms with Crippen LogP contribution in [-0.4, -0.2) is 71.0 Å². The molecule has 4 rings (SSSR count). The highest BCUT2D eigenvalue weighted by Crippen LogP contribution is 2.25. The molecule has 0 saturated carbocycles. The van der Waals surface area contributed by atoms with Crippen molar-refractivity contribution in [3.63, 3.8) is 0 Å². The molecule has 1 aliphatic rings. The largest absolute Gasteiger partial charge is 0.351 e. The number of nitrogens with one attached hydrogen (secondary N) is 2. The second kappa shape index (κ2) is 8.40. The Balaban J connectivity index is 1.62. The van der Waals surface area contributed by atoms with Crippen molar-refractivity contribution in [2.75, 3.05) is 30.8 Å². The molecule has 1 aliphatic heterocycles.